The number of aromatic nitrogens is 3. The fourth-order valence-electron chi connectivity index (χ4n) is 2.44. The Bertz CT molecular complexity index is 994. The lowest BCUT2D eigenvalue weighted by Crippen LogP contribution is -2.22. The second-order valence-corrected chi connectivity index (χ2v) is 7.69. The Balaban J connectivity index is 1.69. The summed E-state index contributed by atoms with van der Waals surface area (Å²) in [5, 5.41) is 11.2. The highest BCUT2D eigenvalue weighted by Crippen LogP contribution is 2.27. The summed E-state index contributed by atoms with van der Waals surface area (Å²) in [6.45, 7) is 1.76. The molecule has 0 saturated carbocycles. The van der Waals surface area contributed by atoms with Crippen LogP contribution in [0.3, 0.4) is 0 Å². The molecule has 1 aromatic heterocycles. The van der Waals surface area contributed by atoms with Crippen molar-refractivity contribution < 1.29 is 13.9 Å². The molecule has 3 aromatic rings. The summed E-state index contributed by atoms with van der Waals surface area (Å²) in [6, 6.07) is 11.5. The SMILES string of the molecule is COc1ccc(-c2nnc(SC(C)C(=O)Nc3ccc(F)c(Cl)c3)n2C)cc1. The lowest BCUT2D eigenvalue weighted by atomic mass is 10.2. The lowest BCUT2D eigenvalue weighted by Gasteiger charge is -2.12. The van der Waals surface area contributed by atoms with Crippen molar-refractivity contribution in [1.82, 2.24) is 14.8 Å². The van der Waals surface area contributed by atoms with Gasteiger partial charge >= 0.3 is 0 Å². The van der Waals surface area contributed by atoms with E-state index in [2.05, 4.69) is 15.5 Å². The minimum atomic E-state index is -0.535. The Hall–Kier alpha value is -2.58. The molecule has 28 heavy (non-hydrogen) atoms. The average molecular weight is 421 g/mol. The van der Waals surface area contributed by atoms with E-state index in [0.29, 0.717) is 16.7 Å². The highest BCUT2D eigenvalue weighted by molar-refractivity contribution is 8.00. The van der Waals surface area contributed by atoms with Crippen molar-refractivity contribution in [1.29, 1.82) is 0 Å². The fourth-order valence-corrected chi connectivity index (χ4v) is 3.43. The number of rotatable bonds is 6. The molecule has 0 radical (unpaired) electrons. The molecule has 0 aliphatic rings. The van der Waals surface area contributed by atoms with Crippen LogP contribution in [0.2, 0.25) is 5.02 Å². The van der Waals surface area contributed by atoms with Gasteiger partial charge in [-0.1, -0.05) is 23.4 Å². The van der Waals surface area contributed by atoms with Crippen LogP contribution in [-0.4, -0.2) is 33.0 Å². The largest absolute Gasteiger partial charge is 0.497 e. The van der Waals surface area contributed by atoms with Crippen LogP contribution in [-0.2, 0) is 11.8 Å². The highest BCUT2D eigenvalue weighted by Gasteiger charge is 2.20. The lowest BCUT2D eigenvalue weighted by molar-refractivity contribution is -0.115. The van der Waals surface area contributed by atoms with Crippen LogP contribution in [0.15, 0.2) is 47.6 Å². The van der Waals surface area contributed by atoms with E-state index in [1.54, 1.807) is 14.0 Å². The van der Waals surface area contributed by atoms with E-state index < -0.39 is 11.1 Å². The smallest absolute Gasteiger partial charge is 0.237 e. The van der Waals surface area contributed by atoms with E-state index >= 15 is 0 Å². The number of methoxy groups -OCH3 is 1. The normalized spacial score (nSPS) is 11.9. The Morgan fingerprint density at radius 1 is 1.25 bits per heavy atom. The molecule has 1 amide bonds. The number of hydrogen-bond acceptors (Lipinski definition) is 5. The third-order valence-corrected chi connectivity index (χ3v) is 5.45. The van der Waals surface area contributed by atoms with Gasteiger partial charge in [0, 0.05) is 18.3 Å². The fraction of sp³-hybridized carbons (Fsp3) is 0.211. The summed E-state index contributed by atoms with van der Waals surface area (Å²) >= 11 is 7.02. The molecule has 0 fully saturated rings. The van der Waals surface area contributed by atoms with Crippen LogP contribution in [0.4, 0.5) is 10.1 Å². The molecule has 0 aliphatic carbocycles. The molecule has 0 aliphatic heterocycles. The van der Waals surface area contributed by atoms with Crippen molar-refractivity contribution in [3.8, 4) is 17.1 Å². The van der Waals surface area contributed by atoms with Crippen molar-refractivity contribution >= 4 is 35.0 Å². The number of carbonyl (C=O) groups is 1. The molecule has 6 nitrogen and oxygen atoms in total. The Morgan fingerprint density at radius 3 is 2.61 bits per heavy atom. The van der Waals surface area contributed by atoms with Crippen molar-refractivity contribution in [3.63, 3.8) is 0 Å². The number of ether oxygens (including phenoxy) is 1. The number of nitrogens with zero attached hydrogens (tertiary/aromatic N) is 3. The van der Waals surface area contributed by atoms with Crippen LogP contribution in [0.1, 0.15) is 6.92 Å². The maximum atomic E-state index is 13.2. The van der Waals surface area contributed by atoms with Gasteiger partial charge in [-0.3, -0.25) is 4.79 Å². The summed E-state index contributed by atoms with van der Waals surface area (Å²) in [5.74, 6) is 0.656. The van der Waals surface area contributed by atoms with E-state index in [0.717, 1.165) is 11.3 Å². The molecule has 1 atom stereocenters. The van der Waals surface area contributed by atoms with Gasteiger partial charge < -0.3 is 14.6 Å². The molecule has 0 bridgehead atoms. The average Bonchev–Trinajstić information content (AvgIpc) is 3.05. The van der Waals surface area contributed by atoms with Gasteiger partial charge in [-0.2, -0.15) is 0 Å². The standard InChI is InChI=1S/C19H18ClFN4O2S/c1-11(18(26)22-13-6-9-16(21)15(20)10-13)28-19-24-23-17(25(19)2)12-4-7-14(27-3)8-5-12/h4-11H,1-3H3,(H,22,26). The zero-order valence-corrected chi connectivity index (χ0v) is 17.0. The van der Waals surface area contributed by atoms with E-state index in [1.807, 2.05) is 35.9 Å². The summed E-state index contributed by atoms with van der Waals surface area (Å²) in [6.07, 6.45) is 0. The van der Waals surface area contributed by atoms with Crippen LogP contribution in [0.5, 0.6) is 5.75 Å². The molecule has 1 unspecified atom stereocenters. The molecule has 3 rings (SSSR count). The van der Waals surface area contributed by atoms with Crippen LogP contribution < -0.4 is 10.1 Å². The van der Waals surface area contributed by atoms with Gasteiger partial charge in [-0.05, 0) is 49.4 Å². The number of benzene rings is 2. The number of anilines is 1. The molecule has 1 N–H and O–H groups in total. The van der Waals surface area contributed by atoms with Crippen molar-refractivity contribution in [3.05, 3.63) is 53.3 Å². The highest BCUT2D eigenvalue weighted by atomic mass is 35.5. The summed E-state index contributed by atoms with van der Waals surface area (Å²) < 4.78 is 20.2. The number of thioether (sulfide) groups is 1. The molecule has 146 valence electrons. The Kier molecular flexibility index (Phi) is 6.21. The van der Waals surface area contributed by atoms with Gasteiger partial charge in [-0.25, -0.2) is 4.39 Å². The van der Waals surface area contributed by atoms with E-state index in [-0.39, 0.29) is 10.9 Å². The topological polar surface area (TPSA) is 69.0 Å². The van der Waals surface area contributed by atoms with Gasteiger partial charge in [0.25, 0.3) is 0 Å². The van der Waals surface area contributed by atoms with Crippen molar-refractivity contribution in [2.45, 2.75) is 17.3 Å². The van der Waals surface area contributed by atoms with Gasteiger partial charge in [0.05, 0.1) is 17.4 Å². The predicted molar refractivity (Wildman–Crippen MR) is 108 cm³/mol. The van der Waals surface area contributed by atoms with E-state index in [1.165, 1.54) is 30.0 Å². The Labute approximate surface area is 171 Å². The molecule has 2 aromatic carbocycles. The third-order valence-electron chi connectivity index (χ3n) is 4.02. The molecule has 0 spiro atoms. The second kappa shape index (κ2) is 8.62. The molecular weight excluding hydrogens is 403 g/mol. The maximum Gasteiger partial charge on any atom is 0.237 e. The van der Waals surface area contributed by atoms with Gasteiger partial charge in [-0.15, -0.1) is 10.2 Å². The third kappa shape index (κ3) is 4.45. The first-order valence-corrected chi connectivity index (χ1v) is 9.61. The first-order chi connectivity index (χ1) is 13.4. The first kappa shape index (κ1) is 20.2. The summed E-state index contributed by atoms with van der Waals surface area (Å²) in [4.78, 5) is 12.4. The second-order valence-electron chi connectivity index (χ2n) is 5.97. The number of halogens is 2. The molecular formula is C19H18ClFN4O2S. The zero-order chi connectivity index (χ0) is 20.3. The number of amides is 1. The summed E-state index contributed by atoms with van der Waals surface area (Å²) in [7, 11) is 3.45. The van der Waals surface area contributed by atoms with Gasteiger partial charge in [0.1, 0.15) is 11.6 Å². The van der Waals surface area contributed by atoms with Crippen LogP contribution in [0.25, 0.3) is 11.4 Å². The molecule has 0 saturated heterocycles. The van der Waals surface area contributed by atoms with Crippen LogP contribution >= 0.6 is 23.4 Å². The number of hydrogen-bond donors (Lipinski definition) is 1. The monoisotopic (exact) mass is 420 g/mol. The molecule has 9 heteroatoms. The van der Waals surface area contributed by atoms with E-state index in [9.17, 15) is 9.18 Å². The maximum absolute atomic E-state index is 13.2. The number of nitrogens with one attached hydrogen (secondary N) is 1. The minimum Gasteiger partial charge on any atom is -0.497 e. The zero-order valence-electron chi connectivity index (χ0n) is 15.4. The number of carbonyl (C=O) groups excluding carboxylic acids is 1. The van der Waals surface area contributed by atoms with Crippen LogP contribution in [0, 0.1) is 5.82 Å². The van der Waals surface area contributed by atoms with Crippen molar-refractivity contribution in [2.75, 3.05) is 12.4 Å². The minimum absolute atomic E-state index is 0.0458. The Morgan fingerprint density at radius 2 is 1.96 bits per heavy atom. The quantitative estimate of drug-likeness (QED) is 0.598. The predicted octanol–water partition coefficient (Wildman–Crippen LogP) is 4.40. The van der Waals surface area contributed by atoms with Crippen molar-refractivity contribution in [2.24, 2.45) is 7.05 Å². The van der Waals surface area contributed by atoms with Gasteiger partial charge in [0.15, 0.2) is 11.0 Å². The first-order valence-electron chi connectivity index (χ1n) is 8.35. The summed E-state index contributed by atoms with van der Waals surface area (Å²) in [5.41, 5.74) is 1.32. The van der Waals surface area contributed by atoms with Gasteiger partial charge in [0.2, 0.25) is 5.91 Å². The van der Waals surface area contributed by atoms with E-state index in [4.69, 9.17) is 16.3 Å². The molecule has 1 heterocycles.